The lowest BCUT2D eigenvalue weighted by Crippen LogP contribution is -2.64. The van der Waals surface area contributed by atoms with Crippen LogP contribution in [0.5, 0.6) is 0 Å². The average Bonchev–Trinajstić information content (AvgIpc) is 3.35. The lowest BCUT2D eigenvalue weighted by atomic mass is 9.44. The predicted molar refractivity (Wildman–Crippen MR) is 186 cm³/mol. The molecule has 2 amide bonds. The van der Waals surface area contributed by atoms with Crippen LogP contribution in [-0.2, 0) is 61.9 Å². The molecule has 0 bridgehead atoms. The van der Waals surface area contributed by atoms with E-state index in [4.69, 9.17) is 38.9 Å². The molecule has 5 rings (SSSR count). The number of nitrogens with two attached hydrogens (primary N) is 1. The molecule has 4 aliphatic carbocycles. The predicted octanol–water partition coefficient (Wildman–Crippen LogP) is 1.60. The Bertz CT molecular complexity index is 1600. The largest absolute Gasteiger partial charge is 0.467 e. The van der Waals surface area contributed by atoms with Crippen molar-refractivity contribution in [1.82, 2.24) is 5.43 Å². The molecule has 0 unspecified atom stereocenters. The number of hydrazone groups is 1. The molecule has 5 fully saturated rings. The minimum Gasteiger partial charge on any atom is -0.467 e. The number of aliphatic hydroxyl groups is 1. The Labute approximate surface area is 318 Å². The summed E-state index contributed by atoms with van der Waals surface area (Å²) in [5, 5.41) is 16.3. The Morgan fingerprint density at radius 1 is 0.891 bits per heavy atom. The van der Waals surface area contributed by atoms with Gasteiger partial charge in [-0.25, -0.2) is 15.0 Å². The average molecular weight is 780 g/mol. The molecule has 13 atom stereocenters. The van der Waals surface area contributed by atoms with Gasteiger partial charge in [0.1, 0.15) is 23.7 Å². The lowest BCUT2D eigenvalue weighted by molar-refractivity contribution is -0.314. The van der Waals surface area contributed by atoms with Crippen LogP contribution in [0.3, 0.4) is 0 Å². The van der Waals surface area contributed by atoms with E-state index in [9.17, 15) is 38.7 Å². The van der Waals surface area contributed by atoms with E-state index in [-0.39, 0.29) is 54.6 Å². The van der Waals surface area contributed by atoms with Crippen LogP contribution >= 0.6 is 0 Å². The van der Waals surface area contributed by atoms with E-state index in [1.807, 2.05) is 6.92 Å². The number of Topliss-reactive ketones (excluding diaryl/α,β-unsaturated/α-hetero) is 1. The first-order valence-electron chi connectivity index (χ1n) is 18.7. The van der Waals surface area contributed by atoms with Crippen LogP contribution in [-0.4, -0.2) is 109 Å². The fourth-order valence-electron chi connectivity index (χ4n) is 10.6. The zero-order chi connectivity index (χ0) is 40.6. The number of ether oxygens (including phenoxy) is 7. The van der Waals surface area contributed by atoms with Crippen molar-refractivity contribution < 1.29 is 71.8 Å². The number of hydrogen-bond donors (Lipinski definition) is 3. The fraction of sp³-hybridized carbons (Fsp3) is 0.784. The molecule has 0 aromatic rings. The molecule has 306 valence electrons. The maximum atomic E-state index is 14.4. The van der Waals surface area contributed by atoms with Crippen molar-refractivity contribution in [3.63, 3.8) is 0 Å². The molecule has 0 aromatic heterocycles. The Hall–Kier alpha value is -4.16. The number of urea groups is 1. The zero-order valence-corrected chi connectivity index (χ0v) is 32.3. The van der Waals surface area contributed by atoms with Crippen molar-refractivity contribution in [1.29, 1.82) is 0 Å². The summed E-state index contributed by atoms with van der Waals surface area (Å²) >= 11 is 0. The zero-order valence-electron chi connectivity index (χ0n) is 32.3. The molecule has 1 aliphatic heterocycles. The van der Waals surface area contributed by atoms with Gasteiger partial charge in [-0.2, -0.15) is 5.10 Å². The van der Waals surface area contributed by atoms with Crippen molar-refractivity contribution >= 4 is 47.4 Å². The Morgan fingerprint density at radius 2 is 1.53 bits per heavy atom. The third kappa shape index (κ3) is 8.08. The second kappa shape index (κ2) is 16.1. The van der Waals surface area contributed by atoms with Crippen LogP contribution in [0.1, 0.15) is 92.9 Å². The number of fused-ring (bicyclic) bond motifs is 5. The number of methoxy groups -OCH3 is 1. The van der Waals surface area contributed by atoms with Gasteiger partial charge in [-0.05, 0) is 68.1 Å². The van der Waals surface area contributed by atoms with Gasteiger partial charge in [0.25, 0.3) is 0 Å². The van der Waals surface area contributed by atoms with Crippen LogP contribution < -0.4 is 11.2 Å². The van der Waals surface area contributed by atoms with Crippen LogP contribution in [0.25, 0.3) is 0 Å². The summed E-state index contributed by atoms with van der Waals surface area (Å²) in [4.78, 5) is 87.2. The Morgan fingerprint density at radius 3 is 2.13 bits per heavy atom. The fourth-order valence-corrected chi connectivity index (χ4v) is 10.6. The summed E-state index contributed by atoms with van der Waals surface area (Å²) in [5.74, 6) is -4.31. The third-order valence-corrected chi connectivity index (χ3v) is 12.8. The number of hydrogen-bond acceptors (Lipinski definition) is 16. The van der Waals surface area contributed by atoms with Crippen LogP contribution in [0.15, 0.2) is 5.10 Å². The van der Waals surface area contributed by atoms with Crippen molar-refractivity contribution in [3.8, 4) is 0 Å². The highest BCUT2D eigenvalue weighted by Crippen LogP contribution is 2.67. The molecule has 5 aliphatic rings. The van der Waals surface area contributed by atoms with Gasteiger partial charge in [0.05, 0.1) is 13.2 Å². The maximum Gasteiger partial charge on any atom is 0.339 e. The topological polar surface area (TPSA) is 255 Å². The van der Waals surface area contributed by atoms with Crippen molar-refractivity contribution in [3.05, 3.63) is 0 Å². The molecule has 0 aromatic carbocycles. The number of carbonyl (C=O) groups is 7. The highest BCUT2D eigenvalue weighted by atomic mass is 16.7. The SMILES string of the molecule is COC(=O)[C@@H]1O[C@@H](O[C@@H]2CC[C@]3(C)[C@H](CC[C@H]4[C@H]5CC[C@](O)(/C(COC(C)=O)=N\NC(N)=O)[C@@]5(C)CC(=O)[C@@H]43)C2)[C@H](OC(C)=O)[C@@H](OC(C)=O)[C@@H]1OC(C)=O. The summed E-state index contributed by atoms with van der Waals surface area (Å²) in [6, 6.07) is -0.954. The summed E-state index contributed by atoms with van der Waals surface area (Å²) in [7, 11) is 1.11. The normalized spacial score (nSPS) is 39.6. The number of carbonyl (C=O) groups excluding carboxylic acids is 7. The van der Waals surface area contributed by atoms with Crippen LogP contribution in [0, 0.1) is 34.5 Å². The smallest absolute Gasteiger partial charge is 0.339 e. The molecule has 4 N–H and O–H groups in total. The molecule has 0 radical (unpaired) electrons. The number of rotatable bonds is 10. The Kier molecular flexibility index (Phi) is 12.3. The molecular weight excluding hydrogens is 726 g/mol. The number of esters is 5. The number of ketones is 1. The number of nitrogens with zero attached hydrogens (tertiary/aromatic N) is 1. The minimum atomic E-state index is -1.65. The van der Waals surface area contributed by atoms with E-state index >= 15 is 0 Å². The number of primary amides is 1. The van der Waals surface area contributed by atoms with Gasteiger partial charge >= 0.3 is 35.9 Å². The van der Waals surface area contributed by atoms with E-state index in [0.717, 1.165) is 34.3 Å². The maximum absolute atomic E-state index is 14.4. The monoisotopic (exact) mass is 779 g/mol. The second-order valence-corrected chi connectivity index (χ2v) is 16.0. The molecular formula is C37H53N3O15. The number of amides is 2. The van der Waals surface area contributed by atoms with E-state index in [2.05, 4.69) is 17.5 Å². The van der Waals surface area contributed by atoms with Gasteiger partial charge in [0, 0.05) is 45.4 Å². The molecule has 0 spiro atoms. The quantitative estimate of drug-likeness (QED) is 0.0936. The summed E-state index contributed by atoms with van der Waals surface area (Å²) in [6.45, 7) is 8.19. The number of nitrogens with one attached hydrogen (secondary N) is 1. The van der Waals surface area contributed by atoms with E-state index in [0.29, 0.717) is 32.1 Å². The first kappa shape index (κ1) is 42.0. The molecule has 55 heavy (non-hydrogen) atoms. The van der Waals surface area contributed by atoms with Crippen molar-refractivity contribution in [2.45, 2.75) is 135 Å². The summed E-state index contributed by atoms with van der Waals surface area (Å²) in [5.41, 5.74) is 4.39. The first-order valence-corrected chi connectivity index (χ1v) is 18.7. The van der Waals surface area contributed by atoms with Gasteiger partial charge in [-0.3, -0.25) is 24.0 Å². The van der Waals surface area contributed by atoms with Gasteiger partial charge in [-0.15, -0.1) is 0 Å². The standard InChI is InChI=1S/C37H53N3O15/c1-17(41)50-16-26(39-40-34(38)47)37(48)13-11-24-23-9-8-21-14-22(10-12-35(21,5)27(23)25(45)15-36(24,37)6)54-33-31(53-20(4)44)29(52-19(3)43)28(51-18(2)42)30(55-33)32(46)49-7/h21-24,27-31,33,48H,8-16H2,1-7H3,(H3,38,40,47)/b39-26-/t21-,22-,23+,24-,27-,28+,29+,30-,31-,33-,35-,36+,37+/m1/s1. The molecule has 1 heterocycles. The van der Waals surface area contributed by atoms with Crippen LogP contribution in [0.2, 0.25) is 0 Å². The molecule has 18 nitrogen and oxygen atoms in total. The molecule has 4 saturated carbocycles. The highest BCUT2D eigenvalue weighted by Gasteiger charge is 2.69. The van der Waals surface area contributed by atoms with Gasteiger partial charge in [-0.1, -0.05) is 13.8 Å². The summed E-state index contributed by atoms with van der Waals surface area (Å²) in [6.07, 6.45) is -4.04. The lowest BCUT2D eigenvalue weighted by Gasteiger charge is -2.60. The molecule has 1 saturated heterocycles. The second-order valence-electron chi connectivity index (χ2n) is 16.0. The highest BCUT2D eigenvalue weighted by molar-refractivity contribution is 5.97. The van der Waals surface area contributed by atoms with Gasteiger partial charge in [0.15, 0.2) is 30.7 Å². The van der Waals surface area contributed by atoms with Gasteiger partial charge < -0.3 is 44.0 Å². The minimum absolute atomic E-state index is 0.0116. The van der Waals surface area contributed by atoms with Crippen LogP contribution in [0.4, 0.5) is 4.79 Å². The van der Waals surface area contributed by atoms with E-state index in [1.54, 1.807) is 0 Å². The summed E-state index contributed by atoms with van der Waals surface area (Å²) < 4.78 is 39.0. The van der Waals surface area contributed by atoms with Crippen molar-refractivity contribution in [2.75, 3.05) is 13.7 Å². The van der Waals surface area contributed by atoms with Gasteiger partial charge in [0.2, 0.25) is 0 Å². The third-order valence-electron chi connectivity index (χ3n) is 12.8. The first-order chi connectivity index (χ1) is 25.7. The Balaban J connectivity index is 1.37. The van der Waals surface area contributed by atoms with E-state index < -0.39 is 89.1 Å². The molecule has 18 heteroatoms. The van der Waals surface area contributed by atoms with Crippen molar-refractivity contribution in [2.24, 2.45) is 45.3 Å². The van der Waals surface area contributed by atoms with E-state index in [1.165, 1.54) is 6.92 Å².